The van der Waals surface area contributed by atoms with Crippen LogP contribution in [0.4, 0.5) is 5.69 Å². The van der Waals surface area contributed by atoms with Crippen LogP contribution in [0.2, 0.25) is 0 Å². The molecule has 3 rings (SSSR count). The molecule has 6 nitrogen and oxygen atoms in total. The lowest BCUT2D eigenvalue weighted by Gasteiger charge is -2.21. The number of aromatic nitrogens is 1. The zero-order chi connectivity index (χ0) is 21.2. The summed E-state index contributed by atoms with van der Waals surface area (Å²) in [4.78, 5) is 17.2. The van der Waals surface area contributed by atoms with Crippen LogP contribution in [0.25, 0.3) is 22.0 Å². The molecule has 1 amide bonds. The van der Waals surface area contributed by atoms with Gasteiger partial charge in [-0.15, -0.1) is 0 Å². The maximum Gasteiger partial charge on any atom is 0.229 e. The van der Waals surface area contributed by atoms with Crippen molar-refractivity contribution in [3.05, 3.63) is 42.6 Å². The molecule has 0 aliphatic heterocycles. The number of anilines is 1. The van der Waals surface area contributed by atoms with E-state index in [1.165, 1.54) is 0 Å². The maximum absolute atomic E-state index is 12.7. The van der Waals surface area contributed by atoms with E-state index >= 15 is 0 Å². The number of pyridine rings is 1. The molecule has 0 spiro atoms. The molecule has 1 aromatic heterocycles. The van der Waals surface area contributed by atoms with Crippen LogP contribution in [-0.4, -0.2) is 32.2 Å². The fraction of sp³-hybridized carbons (Fsp3) is 0.304. The summed E-state index contributed by atoms with van der Waals surface area (Å²) in [5.74, 6) is 1.73. The van der Waals surface area contributed by atoms with Gasteiger partial charge in [0.1, 0.15) is 11.3 Å². The number of rotatable bonds is 5. The van der Waals surface area contributed by atoms with Crippen molar-refractivity contribution in [1.82, 2.24) is 4.98 Å². The van der Waals surface area contributed by atoms with Gasteiger partial charge < -0.3 is 19.5 Å². The number of methoxy groups -OCH3 is 3. The monoisotopic (exact) mass is 394 g/mol. The number of carbonyl (C=O) groups excluding carboxylic acids is 1. The quantitative estimate of drug-likeness (QED) is 0.666. The topological polar surface area (TPSA) is 69.7 Å². The molecule has 2 aromatic carbocycles. The van der Waals surface area contributed by atoms with E-state index in [-0.39, 0.29) is 5.91 Å². The number of benzene rings is 2. The molecule has 0 radical (unpaired) electrons. The zero-order valence-corrected chi connectivity index (χ0v) is 17.6. The minimum absolute atomic E-state index is 0.0770. The number of nitrogens with zero attached hydrogens (tertiary/aromatic N) is 1. The molecule has 29 heavy (non-hydrogen) atoms. The van der Waals surface area contributed by atoms with E-state index in [0.717, 1.165) is 16.5 Å². The van der Waals surface area contributed by atoms with Crippen LogP contribution in [0.5, 0.6) is 17.2 Å². The molecule has 0 unspecified atom stereocenters. The summed E-state index contributed by atoms with van der Waals surface area (Å²) in [6.45, 7) is 5.63. The van der Waals surface area contributed by atoms with Crippen molar-refractivity contribution in [2.45, 2.75) is 20.8 Å². The van der Waals surface area contributed by atoms with E-state index < -0.39 is 5.41 Å². The molecule has 6 heteroatoms. The van der Waals surface area contributed by atoms with E-state index in [2.05, 4.69) is 10.3 Å². The highest BCUT2D eigenvalue weighted by Crippen LogP contribution is 2.43. The normalized spacial score (nSPS) is 11.2. The predicted octanol–water partition coefficient (Wildman–Crippen LogP) is 4.91. The Kier molecular flexibility index (Phi) is 5.64. The summed E-state index contributed by atoms with van der Waals surface area (Å²) in [6, 6.07) is 11.3. The average Bonchev–Trinajstić information content (AvgIpc) is 2.72. The molecule has 0 fully saturated rings. The molecule has 1 heterocycles. The molecule has 0 bridgehead atoms. The van der Waals surface area contributed by atoms with Crippen molar-refractivity contribution >= 4 is 22.5 Å². The van der Waals surface area contributed by atoms with E-state index in [0.29, 0.717) is 28.5 Å². The molecule has 152 valence electrons. The van der Waals surface area contributed by atoms with Gasteiger partial charge in [-0.1, -0.05) is 26.8 Å². The lowest BCUT2D eigenvalue weighted by molar-refractivity contribution is -0.123. The van der Waals surface area contributed by atoms with Gasteiger partial charge in [0.25, 0.3) is 0 Å². The first-order valence-electron chi connectivity index (χ1n) is 9.29. The Labute approximate surface area is 170 Å². The third-order valence-corrected chi connectivity index (χ3v) is 4.68. The minimum atomic E-state index is -0.529. The van der Waals surface area contributed by atoms with Crippen LogP contribution in [0.3, 0.4) is 0 Å². The van der Waals surface area contributed by atoms with Gasteiger partial charge in [0.05, 0.1) is 21.3 Å². The van der Waals surface area contributed by atoms with Gasteiger partial charge in [-0.05, 0) is 35.9 Å². The summed E-state index contributed by atoms with van der Waals surface area (Å²) in [6.07, 6.45) is 1.71. The molecule has 0 atom stereocenters. The second kappa shape index (κ2) is 7.99. The maximum atomic E-state index is 12.7. The van der Waals surface area contributed by atoms with Crippen LogP contribution < -0.4 is 19.5 Å². The third kappa shape index (κ3) is 3.97. The number of hydrogen-bond acceptors (Lipinski definition) is 5. The molecule has 0 saturated carbocycles. The Morgan fingerprint density at radius 2 is 1.72 bits per heavy atom. The Hall–Kier alpha value is -3.28. The van der Waals surface area contributed by atoms with Gasteiger partial charge in [0, 0.05) is 28.2 Å². The summed E-state index contributed by atoms with van der Waals surface area (Å²) in [5.41, 5.74) is 2.50. The van der Waals surface area contributed by atoms with Gasteiger partial charge in [0.15, 0.2) is 11.5 Å². The molecule has 0 aliphatic carbocycles. The summed E-state index contributed by atoms with van der Waals surface area (Å²) < 4.78 is 16.5. The Bertz CT molecular complexity index is 1050. The minimum Gasteiger partial charge on any atom is -0.497 e. The highest BCUT2D eigenvalue weighted by atomic mass is 16.5. The second-order valence-electron chi connectivity index (χ2n) is 7.67. The van der Waals surface area contributed by atoms with Gasteiger partial charge in [-0.25, -0.2) is 0 Å². The molecule has 0 saturated heterocycles. The summed E-state index contributed by atoms with van der Waals surface area (Å²) in [7, 11) is 4.79. The molecular weight excluding hydrogens is 368 g/mol. The number of ether oxygens (including phenoxy) is 3. The van der Waals surface area contributed by atoms with Crippen LogP contribution in [0.15, 0.2) is 42.6 Å². The van der Waals surface area contributed by atoms with E-state index in [9.17, 15) is 4.79 Å². The van der Waals surface area contributed by atoms with Crippen LogP contribution >= 0.6 is 0 Å². The highest BCUT2D eigenvalue weighted by molar-refractivity contribution is 6.05. The summed E-state index contributed by atoms with van der Waals surface area (Å²) in [5, 5.41) is 3.92. The standard InChI is InChI=1S/C23H26N2O4/c1-23(2,3)22(26)25-18-10-9-14(27-4)12-17(18)16-13-19(28-5)21(29-6)20-15(16)8-7-11-24-20/h7-13H,1-6H3,(H,25,26). The van der Waals surface area contributed by atoms with Gasteiger partial charge in [-0.3, -0.25) is 9.78 Å². The van der Waals surface area contributed by atoms with Crippen molar-refractivity contribution in [1.29, 1.82) is 0 Å². The van der Waals surface area contributed by atoms with Crippen LogP contribution in [0.1, 0.15) is 20.8 Å². The Morgan fingerprint density at radius 1 is 0.966 bits per heavy atom. The Balaban J connectivity index is 2.30. The smallest absolute Gasteiger partial charge is 0.229 e. The first-order valence-corrected chi connectivity index (χ1v) is 9.29. The first kappa shape index (κ1) is 20.5. The first-order chi connectivity index (χ1) is 13.8. The average molecular weight is 394 g/mol. The van der Waals surface area contributed by atoms with Gasteiger partial charge in [0.2, 0.25) is 5.91 Å². The number of amides is 1. The third-order valence-electron chi connectivity index (χ3n) is 4.68. The zero-order valence-electron chi connectivity index (χ0n) is 17.6. The fourth-order valence-electron chi connectivity index (χ4n) is 3.06. The number of fused-ring (bicyclic) bond motifs is 1. The van der Waals surface area contributed by atoms with E-state index in [1.54, 1.807) is 27.5 Å². The van der Waals surface area contributed by atoms with Crippen molar-refractivity contribution < 1.29 is 19.0 Å². The molecular formula is C23H26N2O4. The van der Waals surface area contributed by atoms with Gasteiger partial charge >= 0.3 is 0 Å². The SMILES string of the molecule is COc1ccc(NC(=O)C(C)(C)C)c(-c2cc(OC)c(OC)c3ncccc23)c1. The number of carbonyl (C=O) groups is 1. The number of nitrogens with one attached hydrogen (secondary N) is 1. The van der Waals surface area contributed by atoms with Crippen LogP contribution in [0, 0.1) is 5.41 Å². The largest absolute Gasteiger partial charge is 0.497 e. The van der Waals surface area contributed by atoms with E-state index in [4.69, 9.17) is 14.2 Å². The van der Waals surface area contributed by atoms with Crippen molar-refractivity contribution in [2.24, 2.45) is 5.41 Å². The summed E-state index contributed by atoms with van der Waals surface area (Å²) >= 11 is 0. The van der Waals surface area contributed by atoms with Gasteiger partial charge in [-0.2, -0.15) is 0 Å². The molecule has 0 aliphatic rings. The van der Waals surface area contributed by atoms with E-state index in [1.807, 2.05) is 57.2 Å². The lowest BCUT2D eigenvalue weighted by Crippen LogP contribution is -2.27. The van der Waals surface area contributed by atoms with Crippen LogP contribution in [-0.2, 0) is 4.79 Å². The highest BCUT2D eigenvalue weighted by Gasteiger charge is 2.24. The number of hydrogen-bond donors (Lipinski definition) is 1. The second-order valence-corrected chi connectivity index (χ2v) is 7.67. The molecule has 3 aromatic rings. The van der Waals surface area contributed by atoms with Crippen molar-refractivity contribution in [3.63, 3.8) is 0 Å². The lowest BCUT2D eigenvalue weighted by atomic mass is 9.94. The molecule has 1 N–H and O–H groups in total. The fourth-order valence-corrected chi connectivity index (χ4v) is 3.06. The predicted molar refractivity (Wildman–Crippen MR) is 115 cm³/mol. The van der Waals surface area contributed by atoms with Crippen molar-refractivity contribution in [3.8, 4) is 28.4 Å². The Morgan fingerprint density at radius 3 is 2.34 bits per heavy atom. The van der Waals surface area contributed by atoms with Crippen molar-refractivity contribution in [2.75, 3.05) is 26.6 Å².